The van der Waals surface area contributed by atoms with E-state index in [4.69, 9.17) is 0 Å². The highest BCUT2D eigenvalue weighted by Crippen LogP contribution is 2.68. The molecule has 0 aliphatic heterocycles. The van der Waals surface area contributed by atoms with Gasteiger partial charge in [0.15, 0.2) is 0 Å². The van der Waals surface area contributed by atoms with Gasteiger partial charge in [-0.15, -0.1) is 11.3 Å². The van der Waals surface area contributed by atoms with Gasteiger partial charge in [-0.1, -0.05) is 33.8 Å². The number of ketones is 1. The van der Waals surface area contributed by atoms with Crippen LogP contribution in [0.3, 0.4) is 0 Å². The Labute approximate surface area is 220 Å². The molecule has 4 aliphatic carbocycles. The molecule has 1 aromatic heterocycles. The number of fused-ring (bicyclic) bond motifs is 5. The lowest BCUT2D eigenvalue weighted by Crippen LogP contribution is -2.64. The van der Waals surface area contributed by atoms with E-state index < -0.39 is 12.2 Å². The third-order valence-electron chi connectivity index (χ3n) is 11.5. The molecule has 0 radical (unpaired) electrons. The van der Waals surface area contributed by atoms with Crippen LogP contribution in [0.2, 0.25) is 0 Å². The molecule has 3 N–H and O–H groups in total. The minimum absolute atomic E-state index is 0.0703. The van der Waals surface area contributed by atoms with Gasteiger partial charge in [0.1, 0.15) is 5.78 Å². The van der Waals surface area contributed by atoms with Gasteiger partial charge in [0.25, 0.3) is 0 Å². The van der Waals surface area contributed by atoms with Crippen molar-refractivity contribution in [3.8, 4) is 0 Å². The van der Waals surface area contributed by atoms with Crippen LogP contribution in [0.25, 0.3) is 0 Å². The largest absolute Gasteiger partial charge is 0.390 e. The number of nitrogens with one attached hydrogen (secondary N) is 1. The third kappa shape index (κ3) is 4.19. The van der Waals surface area contributed by atoms with Gasteiger partial charge in [-0.3, -0.25) is 9.59 Å². The predicted molar refractivity (Wildman–Crippen MR) is 142 cm³/mol. The summed E-state index contributed by atoms with van der Waals surface area (Å²) < 4.78 is 0. The van der Waals surface area contributed by atoms with Gasteiger partial charge in [-0.05, 0) is 96.3 Å². The predicted octanol–water partition coefficient (Wildman–Crippen LogP) is 5.51. The van der Waals surface area contributed by atoms with E-state index in [1.54, 1.807) is 11.3 Å². The molecule has 4 saturated carbocycles. The van der Waals surface area contributed by atoms with E-state index in [2.05, 4.69) is 44.5 Å². The van der Waals surface area contributed by atoms with Gasteiger partial charge < -0.3 is 15.5 Å². The summed E-state index contributed by atoms with van der Waals surface area (Å²) in [4.78, 5) is 26.5. The summed E-state index contributed by atoms with van der Waals surface area (Å²) in [5.74, 6) is 1.79. The van der Waals surface area contributed by atoms with Crippen molar-refractivity contribution in [2.45, 2.75) is 104 Å². The zero-order valence-corrected chi connectivity index (χ0v) is 23.2. The number of rotatable bonds is 6. The normalized spacial score (nSPS) is 43.7. The average molecular weight is 516 g/mol. The molecule has 4 aliphatic rings. The first-order valence-corrected chi connectivity index (χ1v) is 15.2. The number of carbonyl (C=O) groups excluding carboxylic acids is 2. The number of carbonyl (C=O) groups is 2. The molecule has 1 aromatic rings. The van der Waals surface area contributed by atoms with Gasteiger partial charge in [-0.25, -0.2) is 0 Å². The first-order valence-electron chi connectivity index (χ1n) is 14.3. The van der Waals surface area contributed by atoms with E-state index in [0.29, 0.717) is 37.0 Å². The Morgan fingerprint density at radius 3 is 2.56 bits per heavy atom. The smallest absolute Gasteiger partial charge is 0.220 e. The van der Waals surface area contributed by atoms with E-state index in [9.17, 15) is 19.8 Å². The number of hydrogen-bond acceptors (Lipinski definition) is 5. The number of Topliss-reactive ketones (excluding diaryl/α,β-unsaturated/α-hetero) is 1. The Kier molecular flexibility index (Phi) is 7.19. The van der Waals surface area contributed by atoms with Crippen molar-refractivity contribution >= 4 is 23.0 Å². The molecular weight excluding hydrogens is 470 g/mol. The molecule has 5 nitrogen and oxygen atoms in total. The summed E-state index contributed by atoms with van der Waals surface area (Å²) in [7, 11) is 0. The summed E-state index contributed by atoms with van der Waals surface area (Å²) in [6, 6.07) is 4.22. The maximum absolute atomic E-state index is 13.1. The maximum Gasteiger partial charge on any atom is 0.220 e. The molecule has 0 bridgehead atoms. The van der Waals surface area contributed by atoms with E-state index in [1.165, 1.54) is 4.88 Å². The van der Waals surface area contributed by atoms with Gasteiger partial charge in [0, 0.05) is 24.1 Å². The van der Waals surface area contributed by atoms with Crippen molar-refractivity contribution in [2.24, 2.45) is 46.3 Å². The summed E-state index contributed by atoms with van der Waals surface area (Å²) in [6.07, 6.45) is 6.04. The quantitative estimate of drug-likeness (QED) is 0.466. The van der Waals surface area contributed by atoms with Crippen LogP contribution in [-0.2, 0) is 9.59 Å². The number of amides is 1. The van der Waals surface area contributed by atoms with E-state index in [0.717, 1.165) is 38.5 Å². The zero-order valence-electron chi connectivity index (χ0n) is 22.4. The van der Waals surface area contributed by atoms with Crippen LogP contribution >= 0.6 is 11.3 Å². The van der Waals surface area contributed by atoms with E-state index in [1.807, 2.05) is 6.07 Å². The fourth-order valence-corrected chi connectivity index (χ4v) is 10.4. The molecule has 36 heavy (non-hydrogen) atoms. The molecule has 1 amide bonds. The number of thiophene rings is 1. The first kappa shape index (κ1) is 26.4. The Morgan fingerprint density at radius 1 is 1.11 bits per heavy atom. The Bertz CT molecular complexity index is 964. The van der Waals surface area contributed by atoms with Gasteiger partial charge in [0.05, 0.1) is 18.2 Å². The second kappa shape index (κ2) is 9.81. The number of hydrogen-bond donors (Lipinski definition) is 3. The number of aliphatic hydroxyl groups is 2. The summed E-state index contributed by atoms with van der Waals surface area (Å²) in [5, 5.41) is 28.0. The second-order valence-electron chi connectivity index (χ2n) is 13.1. The third-order valence-corrected chi connectivity index (χ3v) is 12.5. The molecular formula is C30H45NO4S. The highest BCUT2D eigenvalue weighted by atomic mass is 32.1. The van der Waals surface area contributed by atoms with Gasteiger partial charge in [0.2, 0.25) is 5.91 Å². The highest BCUT2D eigenvalue weighted by Gasteiger charge is 2.65. The van der Waals surface area contributed by atoms with Crippen molar-refractivity contribution in [1.82, 2.24) is 5.32 Å². The molecule has 1 heterocycles. The molecule has 5 rings (SSSR count). The lowest BCUT2D eigenvalue weighted by Gasteiger charge is -2.63. The standard InChI is InChI=1S/C30H45NO4S/c1-5-23(24-7-6-14-36-24)31-25(33)15-17(2)19-8-9-20-26-21(11-13-29(19,20)3)30(4)12-10-18(32)16-22(30)27(34)28(26)35/h6-7,14,17,19-23,26-28,34-35H,5,8-13,15-16H2,1-4H3,(H,31,33)/t17-,19-,20+,21+,22+,23-,26+,27-,28+,29-,30-/m1/s1. The van der Waals surface area contributed by atoms with Gasteiger partial charge in [-0.2, -0.15) is 0 Å². The van der Waals surface area contributed by atoms with Crippen LogP contribution in [0, 0.1) is 46.3 Å². The Balaban J connectivity index is 1.30. The Hall–Kier alpha value is -1.24. The summed E-state index contributed by atoms with van der Waals surface area (Å²) >= 11 is 1.70. The zero-order chi connectivity index (χ0) is 25.8. The minimum Gasteiger partial charge on any atom is -0.390 e. The minimum atomic E-state index is -0.812. The summed E-state index contributed by atoms with van der Waals surface area (Å²) in [6.45, 7) is 9.05. The molecule has 6 heteroatoms. The van der Waals surface area contributed by atoms with E-state index in [-0.39, 0.29) is 46.3 Å². The van der Waals surface area contributed by atoms with Crippen molar-refractivity contribution in [3.63, 3.8) is 0 Å². The van der Waals surface area contributed by atoms with Crippen LogP contribution in [-0.4, -0.2) is 34.1 Å². The highest BCUT2D eigenvalue weighted by molar-refractivity contribution is 7.10. The van der Waals surface area contributed by atoms with Crippen molar-refractivity contribution in [2.75, 3.05) is 0 Å². The monoisotopic (exact) mass is 515 g/mol. The van der Waals surface area contributed by atoms with Crippen LogP contribution in [0.1, 0.15) is 96.4 Å². The molecule has 0 spiro atoms. The van der Waals surface area contributed by atoms with Crippen molar-refractivity contribution < 1.29 is 19.8 Å². The SMILES string of the molecule is CC[C@@H](NC(=O)C[C@@H](C)[C@H]1CC[C@H]2[C@@H]3[C@H](O)[C@H](O)[C@@H]4CC(=O)CC[C@]4(C)[C@H]3CC[C@]12C)c1cccs1. The van der Waals surface area contributed by atoms with Crippen LogP contribution in [0.4, 0.5) is 0 Å². The Morgan fingerprint density at radius 2 is 1.86 bits per heavy atom. The lowest BCUT2D eigenvalue weighted by atomic mass is 9.43. The maximum atomic E-state index is 13.1. The van der Waals surface area contributed by atoms with Crippen LogP contribution < -0.4 is 5.32 Å². The van der Waals surface area contributed by atoms with Gasteiger partial charge >= 0.3 is 0 Å². The second-order valence-corrected chi connectivity index (χ2v) is 14.1. The fourth-order valence-electron chi connectivity index (χ4n) is 9.58. The first-order chi connectivity index (χ1) is 17.1. The van der Waals surface area contributed by atoms with Crippen molar-refractivity contribution in [3.05, 3.63) is 22.4 Å². The lowest BCUT2D eigenvalue weighted by molar-refractivity contribution is -0.214. The number of aliphatic hydroxyl groups excluding tert-OH is 2. The molecule has 0 saturated heterocycles. The van der Waals surface area contributed by atoms with Crippen molar-refractivity contribution in [1.29, 1.82) is 0 Å². The molecule has 0 aromatic carbocycles. The molecule has 4 fully saturated rings. The molecule has 0 unspecified atom stereocenters. The molecule has 200 valence electrons. The van der Waals surface area contributed by atoms with E-state index >= 15 is 0 Å². The van der Waals surface area contributed by atoms with Crippen LogP contribution in [0.5, 0.6) is 0 Å². The topological polar surface area (TPSA) is 86.6 Å². The molecule has 11 atom stereocenters. The average Bonchev–Trinajstić information content (AvgIpc) is 3.49. The summed E-state index contributed by atoms with van der Waals surface area (Å²) in [5.41, 5.74) is 0.00621. The fraction of sp³-hybridized carbons (Fsp3) is 0.800. The van der Waals surface area contributed by atoms with Crippen LogP contribution in [0.15, 0.2) is 17.5 Å².